The first kappa shape index (κ1) is 12.6. The molecule has 1 aliphatic carbocycles. The average Bonchev–Trinajstić information content (AvgIpc) is 3.09. The van der Waals surface area contributed by atoms with Gasteiger partial charge in [-0.2, -0.15) is 0 Å². The van der Waals surface area contributed by atoms with Gasteiger partial charge in [-0.15, -0.1) is 10.2 Å². The van der Waals surface area contributed by atoms with Gasteiger partial charge < -0.3 is 0 Å². The maximum atomic E-state index is 12.4. The van der Waals surface area contributed by atoms with Crippen molar-refractivity contribution in [2.24, 2.45) is 0 Å². The maximum absolute atomic E-state index is 12.4. The standard InChI is InChI=1S/C13H12ClN3OS/c1-8-16-17-12(19-8)15-11(18)13(5-6-13)9-3-2-4-10(14)7-9/h2-4,7H,5-6H2,1H3,(H,15,17,18). The second kappa shape index (κ2) is 4.58. The van der Waals surface area contributed by atoms with Gasteiger partial charge in [-0.1, -0.05) is 35.1 Å². The number of nitrogens with zero attached hydrogens (tertiary/aromatic N) is 2. The van der Waals surface area contributed by atoms with Crippen molar-refractivity contribution in [3.05, 3.63) is 39.9 Å². The number of amides is 1. The Hall–Kier alpha value is -1.46. The van der Waals surface area contributed by atoms with Crippen LogP contribution in [0.4, 0.5) is 5.13 Å². The van der Waals surface area contributed by atoms with Crippen LogP contribution >= 0.6 is 22.9 Å². The van der Waals surface area contributed by atoms with Gasteiger partial charge in [-0.25, -0.2) is 0 Å². The number of hydrogen-bond acceptors (Lipinski definition) is 4. The molecule has 98 valence electrons. The molecule has 0 bridgehead atoms. The fourth-order valence-corrected chi connectivity index (χ4v) is 2.90. The highest BCUT2D eigenvalue weighted by molar-refractivity contribution is 7.15. The van der Waals surface area contributed by atoms with Gasteiger partial charge in [0, 0.05) is 5.02 Å². The summed E-state index contributed by atoms with van der Waals surface area (Å²) < 4.78 is 0. The molecule has 1 amide bonds. The first-order chi connectivity index (χ1) is 9.10. The zero-order valence-corrected chi connectivity index (χ0v) is 11.9. The molecule has 19 heavy (non-hydrogen) atoms. The monoisotopic (exact) mass is 293 g/mol. The average molecular weight is 294 g/mol. The molecule has 0 unspecified atom stereocenters. The molecule has 2 aromatic rings. The Balaban J connectivity index is 1.83. The van der Waals surface area contributed by atoms with Crippen LogP contribution in [-0.4, -0.2) is 16.1 Å². The second-order valence-electron chi connectivity index (χ2n) is 4.67. The summed E-state index contributed by atoms with van der Waals surface area (Å²) >= 11 is 7.37. The van der Waals surface area contributed by atoms with Crippen molar-refractivity contribution in [3.63, 3.8) is 0 Å². The van der Waals surface area contributed by atoms with Crippen LogP contribution in [0.5, 0.6) is 0 Å². The predicted molar refractivity (Wildman–Crippen MR) is 75.6 cm³/mol. The Labute approximate surface area is 119 Å². The summed E-state index contributed by atoms with van der Waals surface area (Å²) in [7, 11) is 0. The van der Waals surface area contributed by atoms with Gasteiger partial charge >= 0.3 is 0 Å². The summed E-state index contributed by atoms with van der Waals surface area (Å²) in [6.07, 6.45) is 1.69. The summed E-state index contributed by atoms with van der Waals surface area (Å²) in [5.74, 6) is -0.0223. The second-order valence-corrected chi connectivity index (χ2v) is 6.29. The number of carbonyl (C=O) groups excluding carboxylic acids is 1. The molecule has 1 N–H and O–H groups in total. The number of anilines is 1. The molecule has 1 aliphatic rings. The Kier molecular flexibility index (Phi) is 3.03. The highest BCUT2D eigenvalue weighted by Crippen LogP contribution is 2.49. The van der Waals surface area contributed by atoms with Gasteiger partial charge in [0.1, 0.15) is 5.01 Å². The summed E-state index contributed by atoms with van der Waals surface area (Å²) in [5, 5.41) is 12.7. The zero-order valence-electron chi connectivity index (χ0n) is 10.3. The molecule has 0 aliphatic heterocycles. The SMILES string of the molecule is Cc1nnc(NC(=O)C2(c3cccc(Cl)c3)CC2)s1. The molecule has 1 saturated carbocycles. The number of benzene rings is 1. The third kappa shape index (κ3) is 2.35. The molecule has 0 spiro atoms. The number of aryl methyl sites for hydroxylation is 1. The van der Waals surface area contributed by atoms with E-state index in [2.05, 4.69) is 15.5 Å². The number of nitrogens with one attached hydrogen (secondary N) is 1. The summed E-state index contributed by atoms with van der Waals surface area (Å²) in [6.45, 7) is 1.86. The molecule has 1 aromatic heterocycles. The fourth-order valence-electron chi connectivity index (χ4n) is 2.12. The van der Waals surface area contributed by atoms with Crippen molar-refractivity contribution in [3.8, 4) is 0 Å². The number of halogens is 1. The fraction of sp³-hybridized carbons (Fsp3) is 0.308. The van der Waals surface area contributed by atoms with E-state index in [-0.39, 0.29) is 5.91 Å². The highest BCUT2D eigenvalue weighted by Gasteiger charge is 2.51. The molecule has 0 saturated heterocycles. The Bertz CT molecular complexity index is 636. The largest absolute Gasteiger partial charge is 0.300 e. The summed E-state index contributed by atoms with van der Waals surface area (Å²) in [5.41, 5.74) is 0.531. The molecule has 3 rings (SSSR count). The van der Waals surface area contributed by atoms with Gasteiger partial charge in [0.15, 0.2) is 0 Å². The normalized spacial score (nSPS) is 16.1. The van der Waals surface area contributed by atoms with Crippen LogP contribution in [0.25, 0.3) is 0 Å². The van der Waals surface area contributed by atoms with E-state index >= 15 is 0 Å². The van der Waals surface area contributed by atoms with Crippen LogP contribution in [0.1, 0.15) is 23.4 Å². The van der Waals surface area contributed by atoms with E-state index < -0.39 is 5.41 Å². The highest BCUT2D eigenvalue weighted by atomic mass is 35.5. The predicted octanol–water partition coefficient (Wildman–Crippen LogP) is 3.17. The third-order valence-electron chi connectivity index (χ3n) is 3.31. The van der Waals surface area contributed by atoms with E-state index in [0.717, 1.165) is 23.4 Å². The van der Waals surface area contributed by atoms with Crippen LogP contribution in [0.3, 0.4) is 0 Å². The van der Waals surface area contributed by atoms with Gasteiger partial charge in [0.05, 0.1) is 5.41 Å². The Morgan fingerprint density at radius 1 is 1.42 bits per heavy atom. The van der Waals surface area contributed by atoms with Gasteiger partial charge in [-0.05, 0) is 37.5 Å². The van der Waals surface area contributed by atoms with Gasteiger partial charge in [-0.3, -0.25) is 10.1 Å². The van der Waals surface area contributed by atoms with Crippen LogP contribution in [0, 0.1) is 6.92 Å². The lowest BCUT2D eigenvalue weighted by Crippen LogP contribution is -2.27. The summed E-state index contributed by atoms with van der Waals surface area (Å²) in [6, 6.07) is 7.50. The smallest absolute Gasteiger partial charge is 0.236 e. The van der Waals surface area contributed by atoms with E-state index in [1.54, 1.807) is 0 Å². The van der Waals surface area contributed by atoms with Crippen LogP contribution in [0.15, 0.2) is 24.3 Å². The third-order valence-corrected chi connectivity index (χ3v) is 4.30. The minimum atomic E-state index is -0.440. The maximum Gasteiger partial charge on any atom is 0.236 e. The number of carbonyl (C=O) groups is 1. The molecule has 1 heterocycles. The van der Waals surface area contributed by atoms with Crippen molar-refractivity contribution < 1.29 is 4.79 Å². The lowest BCUT2D eigenvalue weighted by Gasteiger charge is -2.14. The molecule has 6 heteroatoms. The van der Waals surface area contributed by atoms with Crippen LogP contribution < -0.4 is 5.32 Å². The molecule has 1 aromatic carbocycles. The molecule has 1 fully saturated rings. The topological polar surface area (TPSA) is 54.9 Å². The molecule has 0 atom stereocenters. The van der Waals surface area contributed by atoms with E-state index in [9.17, 15) is 4.79 Å². The Morgan fingerprint density at radius 3 is 2.79 bits per heavy atom. The molecular formula is C13H12ClN3OS. The van der Waals surface area contributed by atoms with Crippen LogP contribution in [-0.2, 0) is 10.2 Å². The molecular weight excluding hydrogens is 282 g/mol. The quantitative estimate of drug-likeness (QED) is 0.945. The van der Waals surface area contributed by atoms with Crippen molar-refractivity contribution in [2.45, 2.75) is 25.2 Å². The van der Waals surface area contributed by atoms with Crippen molar-refractivity contribution >= 4 is 34.0 Å². The number of hydrogen-bond donors (Lipinski definition) is 1. The number of rotatable bonds is 3. The van der Waals surface area contributed by atoms with E-state index in [4.69, 9.17) is 11.6 Å². The minimum absolute atomic E-state index is 0.0223. The number of aromatic nitrogens is 2. The lowest BCUT2D eigenvalue weighted by molar-refractivity contribution is -0.118. The lowest BCUT2D eigenvalue weighted by atomic mass is 9.95. The van der Waals surface area contributed by atoms with Crippen molar-refractivity contribution in [2.75, 3.05) is 5.32 Å². The minimum Gasteiger partial charge on any atom is -0.300 e. The first-order valence-electron chi connectivity index (χ1n) is 5.98. The van der Waals surface area contributed by atoms with Gasteiger partial charge in [0.2, 0.25) is 11.0 Å². The van der Waals surface area contributed by atoms with Crippen molar-refractivity contribution in [1.82, 2.24) is 10.2 Å². The van der Waals surface area contributed by atoms with E-state index in [1.165, 1.54) is 11.3 Å². The molecule has 4 nitrogen and oxygen atoms in total. The van der Waals surface area contributed by atoms with E-state index in [0.29, 0.717) is 10.2 Å². The van der Waals surface area contributed by atoms with E-state index in [1.807, 2.05) is 31.2 Å². The zero-order chi connectivity index (χ0) is 13.5. The van der Waals surface area contributed by atoms with Crippen molar-refractivity contribution in [1.29, 1.82) is 0 Å². The molecule has 0 radical (unpaired) electrons. The summed E-state index contributed by atoms with van der Waals surface area (Å²) in [4.78, 5) is 12.4. The van der Waals surface area contributed by atoms with Crippen LogP contribution in [0.2, 0.25) is 5.02 Å². The first-order valence-corrected chi connectivity index (χ1v) is 7.17. The van der Waals surface area contributed by atoms with Gasteiger partial charge in [0.25, 0.3) is 0 Å². The Morgan fingerprint density at radius 2 is 2.21 bits per heavy atom.